The highest BCUT2D eigenvalue weighted by Crippen LogP contribution is 2.23. The van der Waals surface area contributed by atoms with Gasteiger partial charge in [-0.25, -0.2) is 9.97 Å². The first kappa shape index (κ1) is 18.2. The molecule has 0 spiro atoms. The number of hydrogen-bond donors (Lipinski definition) is 0. The summed E-state index contributed by atoms with van der Waals surface area (Å²) in [6, 6.07) is 16.7. The average Bonchev–Trinajstić information content (AvgIpc) is 2.55. The molecule has 0 bridgehead atoms. The lowest BCUT2D eigenvalue weighted by molar-refractivity contribution is 0.313. The topological polar surface area (TPSA) is 35.0 Å². The Bertz CT molecular complexity index is 789. The summed E-state index contributed by atoms with van der Waals surface area (Å²) >= 11 is 0. The molecule has 0 atom stereocenters. The predicted octanol–water partition coefficient (Wildman–Crippen LogP) is 4.97. The van der Waals surface area contributed by atoms with E-state index in [2.05, 4.69) is 55.0 Å². The molecule has 0 N–H and O–H groups in total. The molecular formula is C20H23ClN2O. The van der Waals surface area contributed by atoms with E-state index in [1.54, 1.807) is 6.33 Å². The van der Waals surface area contributed by atoms with Crippen LogP contribution in [0, 0.1) is 0 Å². The summed E-state index contributed by atoms with van der Waals surface area (Å²) in [5, 5.41) is 0.957. The lowest BCUT2D eigenvalue weighted by atomic mass is 9.86. The minimum absolute atomic E-state index is 0. The van der Waals surface area contributed by atoms with Crippen molar-refractivity contribution in [3.63, 3.8) is 0 Å². The maximum absolute atomic E-state index is 5.87. The van der Waals surface area contributed by atoms with Crippen LogP contribution in [0.3, 0.4) is 0 Å². The van der Waals surface area contributed by atoms with E-state index in [9.17, 15) is 0 Å². The highest BCUT2D eigenvalue weighted by atomic mass is 35.5. The van der Waals surface area contributed by atoms with Crippen molar-refractivity contribution in [3.8, 4) is 5.88 Å². The molecule has 2 aromatic carbocycles. The van der Waals surface area contributed by atoms with Crippen molar-refractivity contribution in [2.24, 2.45) is 0 Å². The van der Waals surface area contributed by atoms with E-state index in [4.69, 9.17) is 4.74 Å². The minimum Gasteiger partial charge on any atom is -0.477 e. The van der Waals surface area contributed by atoms with Crippen molar-refractivity contribution >= 4 is 23.3 Å². The van der Waals surface area contributed by atoms with Crippen LogP contribution in [0.2, 0.25) is 0 Å². The van der Waals surface area contributed by atoms with Crippen LogP contribution in [-0.2, 0) is 11.8 Å². The fourth-order valence-corrected chi connectivity index (χ4v) is 2.53. The second-order valence-electron chi connectivity index (χ2n) is 6.74. The van der Waals surface area contributed by atoms with Crippen LogP contribution < -0.4 is 4.74 Å². The largest absolute Gasteiger partial charge is 0.477 e. The highest BCUT2D eigenvalue weighted by Gasteiger charge is 2.12. The van der Waals surface area contributed by atoms with Gasteiger partial charge in [-0.3, -0.25) is 0 Å². The summed E-state index contributed by atoms with van der Waals surface area (Å²) in [5.41, 5.74) is 3.72. The molecule has 0 saturated carbocycles. The lowest BCUT2D eigenvalue weighted by Gasteiger charge is -2.19. The van der Waals surface area contributed by atoms with Gasteiger partial charge in [-0.1, -0.05) is 57.2 Å². The van der Waals surface area contributed by atoms with Crippen LogP contribution in [0.4, 0.5) is 0 Å². The Morgan fingerprint density at radius 1 is 0.917 bits per heavy atom. The molecule has 1 heterocycles. The van der Waals surface area contributed by atoms with Crippen molar-refractivity contribution in [2.75, 3.05) is 6.61 Å². The van der Waals surface area contributed by atoms with Crippen LogP contribution in [0.25, 0.3) is 10.9 Å². The molecule has 3 nitrogen and oxygen atoms in total. The first-order chi connectivity index (χ1) is 11.0. The summed E-state index contributed by atoms with van der Waals surface area (Å²) in [5.74, 6) is 0.655. The molecule has 0 radical (unpaired) electrons. The number of ether oxygens (including phenoxy) is 1. The fourth-order valence-electron chi connectivity index (χ4n) is 2.53. The standard InChI is InChI=1S/C20H22N2O.ClH/c1-20(2,3)16-10-8-15(9-11-16)12-13-23-19-17-6-4-5-7-18(17)21-14-22-19;/h4-11,14H,12-13H2,1-3H3;1H. The van der Waals surface area contributed by atoms with Gasteiger partial charge in [0.15, 0.2) is 0 Å². The summed E-state index contributed by atoms with van der Waals surface area (Å²) in [6.45, 7) is 7.29. The molecule has 24 heavy (non-hydrogen) atoms. The zero-order valence-electron chi connectivity index (χ0n) is 14.3. The zero-order chi connectivity index (χ0) is 16.3. The van der Waals surface area contributed by atoms with Crippen molar-refractivity contribution in [2.45, 2.75) is 32.6 Å². The van der Waals surface area contributed by atoms with Gasteiger partial charge in [0.1, 0.15) is 6.33 Å². The number of nitrogens with zero attached hydrogens (tertiary/aromatic N) is 2. The summed E-state index contributed by atoms with van der Waals surface area (Å²) in [7, 11) is 0. The quantitative estimate of drug-likeness (QED) is 0.671. The van der Waals surface area contributed by atoms with E-state index in [-0.39, 0.29) is 17.8 Å². The number of hydrogen-bond acceptors (Lipinski definition) is 3. The zero-order valence-corrected chi connectivity index (χ0v) is 15.1. The van der Waals surface area contributed by atoms with Gasteiger partial charge < -0.3 is 4.74 Å². The van der Waals surface area contributed by atoms with Crippen LogP contribution in [0.1, 0.15) is 31.9 Å². The van der Waals surface area contributed by atoms with E-state index < -0.39 is 0 Å². The van der Waals surface area contributed by atoms with Gasteiger partial charge in [-0.2, -0.15) is 0 Å². The maximum atomic E-state index is 5.87. The SMILES string of the molecule is CC(C)(C)c1ccc(CCOc2ncnc3ccccc23)cc1.Cl. The van der Waals surface area contributed by atoms with Gasteiger partial charge in [0, 0.05) is 6.42 Å². The molecule has 0 amide bonds. The van der Waals surface area contributed by atoms with Gasteiger partial charge in [-0.05, 0) is 28.7 Å². The molecule has 0 aliphatic heterocycles. The Morgan fingerprint density at radius 2 is 1.62 bits per heavy atom. The van der Waals surface area contributed by atoms with E-state index >= 15 is 0 Å². The summed E-state index contributed by atoms with van der Waals surface area (Å²) in [4.78, 5) is 8.50. The number of halogens is 1. The number of rotatable bonds is 4. The summed E-state index contributed by atoms with van der Waals surface area (Å²) < 4.78 is 5.87. The first-order valence-corrected chi connectivity index (χ1v) is 7.96. The van der Waals surface area contributed by atoms with Crippen LogP contribution in [-0.4, -0.2) is 16.6 Å². The van der Waals surface area contributed by atoms with Gasteiger partial charge in [-0.15, -0.1) is 12.4 Å². The first-order valence-electron chi connectivity index (χ1n) is 7.96. The third-order valence-electron chi connectivity index (χ3n) is 3.96. The van der Waals surface area contributed by atoms with Gasteiger partial charge in [0.05, 0.1) is 17.5 Å². The molecular weight excluding hydrogens is 320 g/mol. The van der Waals surface area contributed by atoms with Gasteiger partial charge in [0.25, 0.3) is 0 Å². The number of para-hydroxylation sites is 1. The lowest BCUT2D eigenvalue weighted by Crippen LogP contribution is -2.11. The molecule has 1 aromatic heterocycles. The van der Waals surface area contributed by atoms with Crippen LogP contribution in [0.15, 0.2) is 54.9 Å². The minimum atomic E-state index is 0. The Balaban J connectivity index is 0.00000208. The van der Waals surface area contributed by atoms with Crippen molar-refractivity contribution in [1.29, 1.82) is 0 Å². The van der Waals surface area contributed by atoms with E-state index in [1.165, 1.54) is 11.1 Å². The Hall–Kier alpha value is -2.13. The molecule has 3 aromatic rings. The van der Waals surface area contributed by atoms with Crippen molar-refractivity contribution in [3.05, 3.63) is 66.0 Å². The normalized spacial score (nSPS) is 11.1. The summed E-state index contributed by atoms with van der Waals surface area (Å²) in [6.07, 6.45) is 2.42. The Kier molecular flexibility index (Phi) is 5.79. The highest BCUT2D eigenvalue weighted by molar-refractivity contribution is 5.85. The molecule has 0 saturated heterocycles. The molecule has 126 valence electrons. The van der Waals surface area contributed by atoms with E-state index in [0.29, 0.717) is 12.5 Å². The number of benzene rings is 2. The van der Waals surface area contributed by atoms with Gasteiger partial charge in [0.2, 0.25) is 5.88 Å². The molecule has 4 heteroatoms. The van der Waals surface area contributed by atoms with Crippen molar-refractivity contribution in [1.82, 2.24) is 9.97 Å². The second-order valence-corrected chi connectivity index (χ2v) is 6.74. The molecule has 0 unspecified atom stereocenters. The molecule has 0 aliphatic carbocycles. The number of fused-ring (bicyclic) bond motifs is 1. The smallest absolute Gasteiger partial charge is 0.224 e. The second kappa shape index (κ2) is 7.63. The third-order valence-corrected chi connectivity index (χ3v) is 3.96. The van der Waals surface area contributed by atoms with Crippen molar-refractivity contribution < 1.29 is 4.74 Å². The molecule has 0 fully saturated rings. The average molecular weight is 343 g/mol. The number of aromatic nitrogens is 2. The van der Waals surface area contributed by atoms with Crippen LogP contribution >= 0.6 is 12.4 Å². The Labute approximate surface area is 149 Å². The monoisotopic (exact) mass is 342 g/mol. The fraction of sp³-hybridized carbons (Fsp3) is 0.300. The van der Waals surface area contributed by atoms with E-state index in [1.807, 2.05) is 24.3 Å². The Morgan fingerprint density at radius 3 is 2.33 bits per heavy atom. The molecule has 3 rings (SSSR count). The third kappa shape index (κ3) is 4.24. The molecule has 0 aliphatic rings. The van der Waals surface area contributed by atoms with Crippen LogP contribution in [0.5, 0.6) is 5.88 Å². The maximum Gasteiger partial charge on any atom is 0.224 e. The van der Waals surface area contributed by atoms with Gasteiger partial charge >= 0.3 is 0 Å². The predicted molar refractivity (Wildman–Crippen MR) is 101 cm³/mol. The van der Waals surface area contributed by atoms with E-state index in [0.717, 1.165) is 17.3 Å².